The molecule has 0 aliphatic rings. The van der Waals surface area contributed by atoms with Crippen LogP contribution < -0.4 is 10.5 Å². The molecule has 0 heterocycles. The number of nitrogens with one attached hydrogen (secondary N) is 1. The van der Waals surface area contributed by atoms with Gasteiger partial charge in [-0.25, -0.2) is 13.1 Å². The quantitative estimate of drug-likeness (QED) is 0.868. The lowest BCUT2D eigenvalue weighted by atomic mass is 10.1. The SMILES string of the molecule is Cc1c(CN)cccc1S(=O)(=O)NCCC(F)(F)F. The number of nitrogens with two attached hydrogens (primary N) is 1. The standard InChI is InChI=1S/C11H15F3N2O2S/c1-8-9(7-15)3-2-4-10(8)19(17,18)16-6-5-11(12,13)14/h2-4,16H,5-7,15H2,1H3. The maximum absolute atomic E-state index is 12.0. The zero-order chi connectivity index (χ0) is 14.7. The van der Waals surface area contributed by atoms with Crippen LogP contribution in [0.5, 0.6) is 0 Å². The molecule has 0 atom stereocenters. The molecule has 0 bridgehead atoms. The number of sulfonamides is 1. The first-order valence-corrected chi connectivity index (χ1v) is 7.00. The average molecular weight is 296 g/mol. The van der Waals surface area contributed by atoms with Crippen molar-refractivity contribution in [1.29, 1.82) is 0 Å². The van der Waals surface area contributed by atoms with E-state index in [4.69, 9.17) is 5.73 Å². The van der Waals surface area contributed by atoms with E-state index in [2.05, 4.69) is 0 Å². The Labute approximate surface area is 109 Å². The highest BCUT2D eigenvalue weighted by molar-refractivity contribution is 7.89. The predicted octanol–water partition coefficient (Wildman–Crippen LogP) is 1.68. The highest BCUT2D eigenvalue weighted by Gasteiger charge is 2.28. The molecular formula is C11H15F3N2O2S. The minimum Gasteiger partial charge on any atom is -0.326 e. The maximum atomic E-state index is 12.0. The molecule has 1 aromatic carbocycles. The van der Waals surface area contributed by atoms with Gasteiger partial charge in [0, 0.05) is 13.1 Å². The van der Waals surface area contributed by atoms with Gasteiger partial charge in [0.05, 0.1) is 11.3 Å². The van der Waals surface area contributed by atoms with Crippen LogP contribution >= 0.6 is 0 Å². The second-order valence-electron chi connectivity index (χ2n) is 4.01. The van der Waals surface area contributed by atoms with Gasteiger partial charge in [0.1, 0.15) is 0 Å². The molecule has 0 saturated heterocycles. The molecule has 0 unspecified atom stereocenters. The number of halogens is 3. The molecule has 0 aliphatic carbocycles. The third-order valence-corrected chi connectivity index (χ3v) is 4.21. The molecule has 19 heavy (non-hydrogen) atoms. The van der Waals surface area contributed by atoms with E-state index in [1.54, 1.807) is 13.0 Å². The fourth-order valence-electron chi connectivity index (χ4n) is 1.58. The molecule has 0 radical (unpaired) electrons. The predicted molar refractivity (Wildman–Crippen MR) is 64.9 cm³/mol. The fraction of sp³-hybridized carbons (Fsp3) is 0.455. The smallest absolute Gasteiger partial charge is 0.326 e. The minimum absolute atomic E-state index is 0.0439. The van der Waals surface area contributed by atoms with Crippen LogP contribution in [0.15, 0.2) is 23.1 Å². The van der Waals surface area contributed by atoms with E-state index in [0.29, 0.717) is 11.1 Å². The Bertz CT molecular complexity index is 541. The van der Waals surface area contributed by atoms with Crippen LogP contribution in [0.1, 0.15) is 17.5 Å². The van der Waals surface area contributed by atoms with Gasteiger partial charge in [-0.3, -0.25) is 0 Å². The largest absolute Gasteiger partial charge is 0.390 e. The highest BCUT2D eigenvalue weighted by atomic mass is 32.2. The second-order valence-corrected chi connectivity index (χ2v) is 5.74. The number of benzene rings is 1. The lowest BCUT2D eigenvalue weighted by molar-refractivity contribution is -0.132. The van der Waals surface area contributed by atoms with Crippen molar-refractivity contribution in [2.75, 3.05) is 6.54 Å². The molecule has 0 spiro atoms. The summed E-state index contributed by atoms with van der Waals surface area (Å²) in [5.74, 6) is 0. The molecule has 0 aliphatic heterocycles. The Morgan fingerprint density at radius 1 is 1.32 bits per heavy atom. The van der Waals surface area contributed by atoms with Crippen LogP contribution in [-0.2, 0) is 16.6 Å². The van der Waals surface area contributed by atoms with Gasteiger partial charge in [0.25, 0.3) is 0 Å². The number of hydrogen-bond donors (Lipinski definition) is 2. The molecule has 0 aromatic heterocycles. The Hall–Kier alpha value is -1.12. The van der Waals surface area contributed by atoms with Crippen LogP contribution in [-0.4, -0.2) is 21.1 Å². The van der Waals surface area contributed by atoms with E-state index in [0.717, 1.165) is 0 Å². The summed E-state index contributed by atoms with van der Waals surface area (Å²) >= 11 is 0. The molecule has 1 rings (SSSR count). The van der Waals surface area contributed by atoms with Crippen LogP contribution in [0, 0.1) is 6.92 Å². The van der Waals surface area contributed by atoms with E-state index in [9.17, 15) is 21.6 Å². The first kappa shape index (κ1) is 15.9. The lowest BCUT2D eigenvalue weighted by Crippen LogP contribution is -2.28. The number of hydrogen-bond acceptors (Lipinski definition) is 3. The van der Waals surface area contributed by atoms with Gasteiger partial charge >= 0.3 is 6.18 Å². The normalized spacial score (nSPS) is 12.7. The minimum atomic E-state index is -4.39. The Morgan fingerprint density at radius 3 is 2.47 bits per heavy atom. The Kier molecular flexibility index (Phi) is 4.94. The van der Waals surface area contributed by atoms with Crippen LogP contribution in [0.25, 0.3) is 0 Å². The maximum Gasteiger partial charge on any atom is 0.390 e. The molecule has 1 aromatic rings. The molecule has 108 valence electrons. The van der Waals surface area contributed by atoms with Gasteiger partial charge in [-0.2, -0.15) is 13.2 Å². The van der Waals surface area contributed by atoms with Crippen molar-refractivity contribution in [2.24, 2.45) is 5.73 Å². The summed E-state index contributed by atoms with van der Waals surface area (Å²) < 4.78 is 61.7. The van der Waals surface area contributed by atoms with Gasteiger partial charge in [-0.05, 0) is 24.1 Å². The molecular weight excluding hydrogens is 281 g/mol. The van der Waals surface area contributed by atoms with E-state index in [-0.39, 0.29) is 11.4 Å². The zero-order valence-electron chi connectivity index (χ0n) is 10.3. The van der Waals surface area contributed by atoms with E-state index in [1.807, 2.05) is 4.72 Å². The highest BCUT2D eigenvalue weighted by Crippen LogP contribution is 2.21. The molecule has 3 N–H and O–H groups in total. The van der Waals surface area contributed by atoms with Crippen molar-refractivity contribution in [3.05, 3.63) is 29.3 Å². The summed E-state index contributed by atoms with van der Waals surface area (Å²) in [4.78, 5) is -0.0439. The molecule has 0 saturated carbocycles. The van der Waals surface area contributed by atoms with Crippen molar-refractivity contribution >= 4 is 10.0 Å². The molecule has 0 amide bonds. The fourth-order valence-corrected chi connectivity index (χ4v) is 2.90. The molecule has 8 heteroatoms. The van der Waals surface area contributed by atoms with Gasteiger partial charge in [0.2, 0.25) is 10.0 Å². The summed E-state index contributed by atoms with van der Waals surface area (Å²) in [5, 5.41) is 0. The van der Waals surface area contributed by atoms with Gasteiger partial charge in [0.15, 0.2) is 0 Å². The van der Waals surface area contributed by atoms with Crippen molar-refractivity contribution in [3.8, 4) is 0 Å². The van der Waals surface area contributed by atoms with E-state index >= 15 is 0 Å². The van der Waals surface area contributed by atoms with Crippen molar-refractivity contribution in [3.63, 3.8) is 0 Å². The van der Waals surface area contributed by atoms with Crippen molar-refractivity contribution in [2.45, 2.75) is 31.0 Å². The Balaban J connectivity index is 2.89. The summed E-state index contributed by atoms with van der Waals surface area (Å²) in [5.41, 5.74) is 6.54. The van der Waals surface area contributed by atoms with Gasteiger partial charge in [-0.15, -0.1) is 0 Å². The van der Waals surface area contributed by atoms with Gasteiger partial charge < -0.3 is 5.73 Å². The average Bonchev–Trinajstić information content (AvgIpc) is 2.27. The van der Waals surface area contributed by atoms with Crippen LogP contribution in [0.4, 0.5) is 13.2 Å². The third kappa shape index (κ3) is 4.48. The molecule has 4 nitrogen and oxygen atoms in total. The topological polar surface area (TPSA) is 72.2 Å². The lowest BCUT2D eigenvalue weighted by Gasteiger charge is -2.12. The second kappa shape index (κ2) is 5.89. The first-order chi connectivity index (χ1) is 8.67. The summed E-state index contributed by atoms with van der Waals surface area (Å²) in [7, 11) is -3.95. The van der Waals surface area contributed by atoms with E-state index < -0.39 is 29.2 Å². The first-order valence-electron chi connectivity index (χ1n) is 5.52. The van der Waals surface area contributed by atoms with Crippen LogP contribution in [0.3, 0.4) is 0 Å². The van der Waals surface area contributed by atoms with Crippen LogP contribution in [0.2, 0.25) is 0 Å². The summed E-state index contributed by atoms with van der Waals surface area (Å²) in [6.07, 6.45) is -5.60. The molecule has 0 fully saturated rings. The monoisotopic (exact) mass is 296 g/mol. The number of rotatable bonds is 5. The van der Waals surface area contributed by atoms with Crippen molar-refractivity contribution in [1.82, 2.24) is 4.72 Å². The zero-order valence-corrected chi connectivity index (χ0v) is 11.1. The number of alkyl halides is 3. The van der Waals surface area contributed by atoms with Crippen molar-refractivity contribution < 1.29 is 21.6 Å². The van der Waals surface area contributed by atoms with E-state index in [1.165, 1.54) is 12.1 Å². The third-order valence-electron chi connectivity index (χ3n) is 2.61. The van der Waals surface area contributed by atoms with Gasteiger partial charge in [-0.1, -0.05) is 12.1 Å². The summed E-state index contributed by atoms with van der Waals surface area (Å²) in [6.45, 7) is 1.05. The Morgan fingerprint density at radius 2 is 1.95 bits per heavy atom. The summed E-state index contributed by atoms with van der Waals surface area (Å²) in [6, 6.07) is 4.52.